The number of nitrogens with one attached hydrogen (secondary N) is 2. The molecule has 0 aliphatic carbocycles. The SMILES string of the molecule is CC(C)NC(=O)CCNc1nc(Cl)c(Cl)cc1Cl. The van der Waals surface area contributed by atoms with Crippen LogP contribution in [0.4, 0.5) is 5.82 Å². The fraction of sp³-hybridized carbons (Fsp3) is 0.455. The molecule has 7 heteroatoms. The van der Waals surface area contributed by atoms with Gasteiger partial charge in [0.15, 0.2) is 0 Å². The molecule has 0 fully saturated rings. The van der Waals surface area contributed by atoms with E-state index in [0.29, 0.717) is 28.8 Å². The molecule has 1 aromatic rings. The lowest BCUT2D eigenvalue weighted by atomic mass is 10.3. The first kappa shape index (κ1) is 15.3. The van der Waals surface area contributed by atoms with Gasteiger partial charge in [-0.3, -0.25) is 4.79 Å². The Hall–Kier alpha value is -0.710. The molecule has 0 aliphatic heterocycles. The van der Waals surface area contributed by atoms with Crippen LogP contribution in [0.5, 0.6) is 0 Å². The summed E-state index contributed by atoms with van der Waals surface area (Å²) in [4.78, 5) is 15.4. The lowest BCUT2D eigenvalue weighted by Crippen LogP contribution is -2.31. The van der Waals surface area contributed by atoms with Crippen LogP contribution < -0.4 is 10.6 Å². The summed E-state index contributed by atoms with van der Waals surface area (Å²) in [5.74, 6) is 0.386. The second-order valence-corrected chi connectivity index (χ2v) is 5.16. The van der Waals surface area contributed by atoms with Gasteiger partial charge in [-0.05, 0) is 19.9 Å². The lowest BCUT2D eigenvalue weighted by Gasteiger charge is -2.10. The first-order valence-corrected chi connectivity index (χ1v) is 6.58. The number of pyridine rings is 1. The predicted octanol–water partition coefficient (Wildman–Crippen LogP) is 3.37. The van der Waals surface area contributed by atoms with Gasteiger partial charge in [-0.2, -0.15) is 0 Å². The van der Waals surface area contributed by atoms with E-state index in [4.69, 9.17) is 34.8 Å². The minimum Gasteiger partial charge on any atom is -0.368 e. The van der Waals surface area contributed by atoms with Crippen LogP contribution in [0.15, 0.2) is 6.07 Å². The molecule has 1 aromatic heterocycles. The Kier molecular flexibility index (Phi) is 5.99. The molecular formula is C11H14Cl3N3O. The fourth-order valence-corrected chi connectivity index (χ4v) is 1.82. The number of aromatic nitrogens is 1. The third kappa shape index (κ3) is 4.88. The van der Waals surface area contributed by atoms with Crippen molar-refractivity contribution in [3.05, 3.63) is 21.3 Å². The number of carbonyl (C=O) groups excluding carboxylic acids is 1. The second-order valence-electron chi connectivity index (χ2n) is 3.99. The Bertz CT molecular complexity index is 438. The fourth-order valence-electron chi connectivity index (χ4n) is 1.26. The number of carbonyl (C=O) groups is 1. The van der Waals surface area contributed by atoms with E-state index < -0.39 is 0 Å². The normalized spacial score (nSPS) is 10.6. The predicted molar refractivity (Wildman–Crippen MR) is 75.7 cm³/mol. The quantitative estimate of drug-likeness (QED) is 0.820. The van der Waals surface area contributed by atoms with Gasteiger partial charge in [-0.1, -0.05) is 34.8 Å². The summed E-state index contributed by atoms with van der Waals surface area (Å²) in [5.41, 5.74) is 0. The molecule has 0 atom stereocenters. The zero-order chi connectivity index (χ0) is 13.7. The molecule has 0 unspecified atom stereocenters. The lowest BCUT2D eigenvalue weighted by molar-refractivity contribution is -0.121. The molecule has 0 saturated carbocycles. The first-order valence-electron chi connectivity index (χ1n) is 5.45. The summed E-state index contributed by atoms with van der Waals surface area (Å²) >= 11 is 17.5. The van der Waals surface area contributed by atoms with Gasteiger partial charge < -0.3 is 10.6 Å². The molecule has 0 bridgehead atoms. The van der Waals surface area contributed by atoms with Crippen LogP contribution in [0.25, 0.3) is 0 Å². The van der Waals surface area contributed by atoms with E-state index in [9.17, 15) is 4.79 Å². The summed E-state index contributed by atoms with van der Waals surface area (Å²) in [6.07, 6.45) is 0.330. The van der Waals surface area contributed by atoms with Crippen molar-refractivity contribution in [3.8, 4) is 0 Å². The molecule has 0 aromatic carbocycles. The summed E-state index contributed by atoms with van der Waals surface area (Å²) in [5, 5.41) is 6.56. The van der Waals surface area contributed by atoms with Gasteiger partial charge in [0.05, 0.1) is 10.0 Å². The Labute approximate surface area is 121 Å². The smallest absolute Gasteiger partial charge is 0.221 e. The van der Waals surface area contributed by atoms with Gasteiger partial charge in [0.25, 0.3) is 0 Å². The molecule has 0 spiro atoms. The molecule has 0 aliphatic rings. The van der Waals surface area contributed by atoms with Crippen LogP contribution in [0.2, 0.25) is 15.2 Å². The van der Waals surface area contributed by atoms with Crippen LogP contribution in [0.1, 0.15) is 20.3 Å². The maximum Gasteiger partial charge on any atom is 0.221 e. The van der Waals surface area contributed by atoms with Crippen LogP contribution in [-0.2, 0) is 4.79 Å². The van der Waals surface area contributed by atoms with Crippen LogP contribution in [-0.4, -0.2) is 23.5 Å². The van der Waals surface area contributed by atoms with E-state index in [1.54, 1.807) is 0 Å². The van der Waals surface area contributed by atoms with Crippen molar-refractivity contribution in [2.24, 2.45) is 0 Å². The summed E-state index contributed by atoms with van der Waals surface area (Å²) in [6.45, 7) is 4.23. The molecular weight excluding hydrogens is 296 g/mol. The van der Waals surface area contributed by atoms with Crippen molar-refractivity contribution in [3.63, 3.8) is 0 Å². The second kappa shape index (κ2) is 7.02. The van der Waals surface area contributed by atoms with E-state index >= 15 is 0 Å². The number of nitrogens with zero attached hydrogens (tertiary/aromatic N) is 1. The average Bonchev–Trinajstić information content (AvgIpc) is 2.24. The zero-order valence-corrected chi connectivity index (χ0v) is 12.3. The van der Waals surface area contributed by atoms with E-state index in [-0.39, 0.29) is 17.1 Å². The minimum atomic E-state index is -0.0336. The highest BCUT2D eigenvalue weighted by molar-refractivity contribution is 6.42. The molecule has 1 heterocycles. The summed E-state index contributed by atoms with van der Waals surface area (Å²) in [7, 11) is 0. The van der Waals surface area contributed by atoms with Crippen LogP contribution >= 0.6 is 34.8 Å². The molecule has 0 radical (unpaired) electrons. The number of amides is 1. The van der Waals surface area contributed by atoms with Gasteiger partial charge in [0.1, 0.15) is 11.0 Å². The third-order valence-corrected chi connectivity index (χ3v) is 2.94. The van der Waals surface area contributed by atoms with E-state index in [2.05, 4.69) is 15.6 Å². The van der Waals surface area contributed by atoms with Crippen molar-refractivity contribution in [1.29, 1.82) is 0 Å². The van der Waals surface area contributed by atoms with Gasteiger partial charge in [0, 0.05) is 19.0 Å². The van der Waals surface area contributed by atoms with Crippen molar-refractivity contribution in [2.75, 3.05) is 11.9 Å². The van der Waals surface area contributed by atoms with Crippen LogP contribution in [0, 0.1) is 0 Å². The Morgan fingerprint density at radius 2 is 2.00 bits per heavy atom. The number of hydrogen-bond acceptors (Lipinski definition) is 3. The first-order chi connectivity index (χ1) is 8.40. The van der Waals surface area contributed by atoms with E-state index in [0.717, 1.165) is 0 Å². The zero-order valence-electron chi connectivity index (χ0n) is 10.1. The highest BCUT2D eigenvalue weighted by Crippen LogP contribution is 2.28. The number of rotatable bonds is 5. The molecule has 0 saturated heterocycles. The Morgan fingerprint density at radius 3 is 2.61 bits per heavy atom. The van der Waals surface area contributed by atoms with Gasteiger partial charge in [-0.25, -0.2) is 4.98 Å². The summed E-state index contributed by atoms with van der Waals surface area (Å²) in [6, 6.07) is 1.64. The molecule has 1 amide bonds. The van der Waals surface area contributed by atoms with Crippen molar-refractivity contribution in [2.45, 2.75) is 26.3 Å². The highest BCUT2D eigenvalue weighted by Gasteiger charge is 2.08. The topological polar surface area (TPSA) is 54.0 Å². The number of hydrogen-bond donors (Lipinski definition) is 2. The Balaban J connectivity index is 2.49. The maximum absolute atomic E-state index is 11.4. The molecule has 4 nitrogen and oxygen atoms in total. The van der Waals surface area contributed by atoms with E-state index in [1.807, 2.05) is 13.8 Å². The van der Waals surface area contributed by atoms with E-state index in [1.165, 1.54) is 6.07 Å². The number of halogens is 3. The average molecular weight is 311 g/mol. The molecule has 1 rings (SSSR count). The van der Waals surface area contributed by atoms with Gasteiger partial charge in [-0.15, -0.1) is 0 Å². The maximum atomic E-state index is 11.4. The van der Waals surface area contributed by atoms with Gasteiger partial charge in [0.2, 0.25) is 5.91 Å². The third-order valence-electron chi connectivity index (χ3n) is 1.98. The van der Waals surface area contributed by atoms with Crippen LogP contribution in [0.3, 0.4) is 0 Å². The molecule has 100 valence electrons. The van der Waals surface area contributed by atoms with Crippen molar-refractivity contribution >= 4 is 46.5 Å². The highest BCUT2D eigenvalue weighted by atomic mass is 35.5. The number of anilines is 1. The largest absolute Gasteiger partial charge is 0.368 e. The monoisotopic (exact) mass is 309 g/mol. The molecule has 18 heavy (non-hydrogen) atoms. The molecule has 2 N–H and O–H groups in total. The Morgan fingerprint density at radius 1 is 1.33 bits per heavy atom. The summed E-state index contributed by atoms with van der Waals surface area (Å²) < 4.78 is 0. The standard InChI is InChI=1S/C11H14Cl3N3O/c1-6(2)16-9(18)3-4-15-11-8(13)5-7(12)10(14)17-11/h5-6H,3-4H2,1-2H3,(H,15,17)(H,16,18). The van der Waals surface area contributed by atoms with Crippen molar-refractivity contribution < 1.29 is 4.79 Å². The van der Waals surface area contributed by atoms with Gasteiger partial charge >= 0.3 is 0 Å². The minimum absolute atomic E-state index is 0.0336. The van der Waals surface area contributed by atoms with Crippen molar-refractivity contribution in [1.82, 2.24) is 10.3 Å².